The average molecular weight is 510 g/mol. The Bertz CT molecular complexity index is 1600. The van der Waals surface area contributed by atoms with E-state index >= 15 is 0 Å². The first kappa shape index (κ1) is 24.3. The van der Waals surface area contributed by atoms with E-state index in [1.165, 1.54) is 30.1 Å². The monoisotopic (exact) mass is 510 g/mol. The van der Waals surface area contributed by atoms with Crippen molar-refractivity contribution in [3.05, 3.63) is 79.3 Å². The highest BCUT2D eigenvalue weighted by molar-refractivity contribution is 7.14. The molecule has 2 aromatic heterocycles. The summed E-state index contributed by atoms with van der Waals surface area (Å²) >= 11 is 0.788. The molecule has 35 heavy (non-hydrogen) atoms. The lowest BCUT2D eigenvalue weighted by atomic mass is 10.0. The number of aryl methyl sites for hydroxylation is 1. The molecule has 4 rings (SSSR count). The van der Waals surface area contributed by atoms with Gasteiger partial charge in [0.15, 0.2) is 16.8 Å². The first-order valence-electron chi connectivity index (χ1n) is 9.88. The van der Waals surface area contributed by atoms with E-state index in [9.17, 15) is 36.3 Å². The molecule has 0 spiro atoms. The van der Waals surface area contributed by atoms with Crippen molar-refractivity contribution < 1.29 is 26.7 Å². The second-order valence-electron chi connectivity index (χ2n) is 7.59. The van der Waals surface area contributed by atoms with Crippen molar-refractivity contribution in [2.75, 3.05) is 5.32 Å². The molecular formula is C22H15F5N4O3S. The van der Waals surface area contributed by atoms with E-state index in [1.807, 2.05) is 0 Å². The van der Waals surface area contributed by atoms with E-state index in [0.717, 1.165) is 15.9 Å². The van der Waals surface area contributed by atoms with Gasteiger partial charge < -0.3 is 5.32 Å². The predicted octanol–water partition coefficient (Wildman–Crippen LogP) is 3.84. The minimum Gasteiger partial charge on any atom is -0.302 e. The summed E-state index contributed by atoms with van der Waals surface area (Å²) < 4.78 is 69.2. The molecule has 4 aromatic rings. The van der Waals surface area contributed by atoms with Crippen LogP contribution in [0.2, 0.25) is 0 Å². The summed E-state index contributed by atoms with van der Waals surface area (Å²) in [7, 11) is 2.80. The number of amides is 1. The molecule has 2 heterocycles. The zero-order valence-corrected chi connectivity index (χ0v) is 18.9. The highest BCUT2D eigenvalue weighted by Crippen LogP contribution is 2.39. The van der Waals surface area contributed by atoms with E-state index in [1.54, 1.807) is 12.1 Å². The van der Waals surface area contributed by atoms with Gasteiger partial charge in [-0.2, -0.15) is 13.2 Å². The molecule has 13 heteroatoms. The third kappa shape index (κ3) is 4.46. The summed E-state index contributed by atoms with van der Waals surface area (Å²) in [4.78, 5) is 41.3. The Kier molecular flexibility index (Phi) is 6.05. The summed E-state index contributed by atoms with van der Waals surface area (Å²) in [6.45, 7) is 0. The maximum atomic E-state index is 13.6. The molecule has 0 fully saturated rings. The smallest absolute Gasteiger partial charge is 0.302 e. The number of nitrogens with one attached hydrogen (secondary N) is 1. The Labute approximate surface area is 197 Å². The number of nitrogens with zero attached hydrogens (tertiary/aromatic N) is 3. The molecule has 0 saturated heterocycles. The van der Waals surface area contributed by atoms with Gasteiger partial charge in [-0.1, -0.05) is 12.1 Å². The molecule has 7 nitrogen and oxygen atoms in total. The number of thiazole rings is 1. The minimum absolute atomic E-state index is 0.0522. The quantitative estimate of drug-likeness (QED) is 0.423. The Morgan fingerprint density at radius 3 is 2.46 bits per heavy atom. The molecule has 0 atom stereocenters. The average Bonchev–Trinajstić information content (AvgIpc) is 3.25. The zero-order chi connectivity index (χ0) is 25.7. The van der Waals surface area contributed by atoms with Crippen molar-refractivity contribution in [3.8, 4) is 11.3 Å². The normalized spacial score (nSPS) is 11.7. The van der Waals surface area contributed by atoms with Crippen LogP contribution in [0.15, 0.2) is 45.3 Å². The van der Waals surface area contributed by atoms with E-state index in [4.69, 9.17) is 0 Å². The van der Waals surface area contributed by atoms with Gasteiger partial charge in [-0.05, 0) is 23.8 Å². The van der Waals surface area contributed by atoms with Crippen molar-refractivity contribution in [1.82, 2.24) is 14.1 Å². The standard InChI is InChI=1S/C22H15F5N4O3S/c1-30-16-5-3-4-10(18(16)19(33)31(2)21(30)34)6-17(32)29-20-28-15(9-35-20)11-7-13(23)14(24)8-12(11)22(25,26)27/h3-5,7-9H,6H2,1-2H3,(H,28,29,32). The third-order valence-corrected chi connectivity index (χ3v) is 6.08. The number of anilines is 1. The van der Waals surface area contributed by atoms with Crippen molar-refractivity contribution >= 4 is 33.3 Å². The van der Waals surface area contributed by atoms with Crippen LogP contribution in [0.1, 0.15) is 11.1 Å². The minimum atomic E-state index is -4.96. The molecule has 182 valence electrons. The predicted molar refractivity (Wildman–Crippen MR) is 119 cm³/mol. The molecule has 0 unspecified atom stereocenters. The van der Waals surface area contributed by atoms with Crippen LogP contribution in [-0.2, 0) is 31.5 Å². The number of carbonyl (C=O) groups is 1. The number of alkyl halides is 3. The number of carbonyl (C=O) groups excluding carboxylic acids is 1. The van der Waals surface area contributed by atoms with E-state index in [0.29, 0.717) is 17.1 Å². The second-order valence-corrected chi connectivity index (χ2v) is 8.45. The summed E-state index contributed by atoms with van der Waals surface area (Å²) in [5.74, 6) is -3.75. The molecule has 0 bridgehead atoms. The Balaban J connectivity index is 1.64. The van der Waals surface area contributed by atoms with E-state index in [-0.39, 0.29) is 28.7 Å². The SMILES string of the molecule is Cn1c(=O)c2c(CC(=O)Nc3nc(-c4cc(F)c(F)cc4C(F)(F)F)cs3)cccc2n(C)c1=O. The summed E-state index contributed by atoms with van der Waals surface area (Å²) in [5.41, 5.74) is -2.84. The maximum Gasteiger partial charge on any atom is 0.417 e. The molecule has 0 aliphatic rings. The van der Waals surface area contributed by atoms with Crippen LogP contribution >= 0.6 is 11.3 Å². The molecule has 1 N–H and O–H groups in total. The lowest BCUT2D eigenvalue weighted by molar-refractivity contribution is -0.137. The van der Waals surface area contributed by atoms with Gasteiger partial charge in [-0.25, -0.2) is 18.6 Å². The lowest BCUT2D eigenvalue weighted by Crippen LogP contribution is -2.37. The van der Waals surface area contributed by atoms with Gasteiger partial charge in [-0.15, -0.1) is 11.3 Å². The summed E-state index contributed by atoms with van der Waals surface area (Å²) in [6.07, 6.45) is -5.25. The van der Waals surface area contributed by atoms with Gasteiger partial charge >= 0.3 is 11.9 Å². The Hall–Kier alpha value is -3.87. The molecule has 0 radical (unpaired) electrons. The summed E-state index contributed by atoms with van der Waals surface area (Å²) in [6, 6.07) is 5.13. The number of aromatic nitrogens is 3. The fourth-order valence-electron chi connectivity index (χ4n) is 3.63. The molecular weight excluding hydrogens is 495 g/mol. The van der Waals surface area contributed by atoms with Crippen molar-refractivity contribution in [3.63, 3.8) is 0 Å². The maximum absolute atomic E-state index is 13.6. The Morgan fingerprint density at radius 1 is 1.09 bits per heavy atom. The fourth-order valence-corrected chi connectivity index (χ4v) is 4.35. The molecule has 0 aliphatic heterocycles. The molecule has 1 amide bonds. The van der Waals surface area contributed by atoms with E-state index < -0.39 is 46.1 Å². The number of benzene rings is 2. The number of halogens is 5. The number of hydrogen-bond acceptors (Lipinski definition) is 5. The third-order valence-electron chi connectivity index (χ3n) is 5.33. The van der Waals surface area contributed by atoms with E-state index in [2.05, 4.69) is 10.3 Å². The van der Waals surface area contributed by atoms with Crippen LogP contribution in [0.25, 0.3) is 22.2 Å². The van der Waals surface area contributed by atoms with Crippen LogP contribution in [0.4, 0.5) is 27.1 Å². The highest BCUT2D eigenvalue weighted by atomic mass is 32.1. The van der Waals surface area contributed by atoms with Crippen molar-refractivity contribution in [2.24, 2.45) is 14.1 Å². The lowest BCUT2D eigenvalue weighted by Gasteiger charge is -2.12. The first-order chi connectivity index (χ1) is 16.4. The summed E-state index contributed by atoms with van der Waals surface area (Å²) in [5, 5.41) is 3.69. The van der Waals surface area contributed by atoms with Gasteiger partial charge in [-0.3, -0.25) is 18.7 Å². The van der Waals surface area contributed by atoms with Crippen LogP contribution in [-0.4, -0.2) is 20.0 Å². The fraction of sp³-hybridized carbons (Fsp3) is 0.182. The highest BCUT2D eigenvalue weighted by Gasteiger charge is 2.35. The van der Waals surface area contributed by atoms with Crippen LogP contribution in [0, 0.1) is 11.6 Å². The molecule has 0 saturated carbocycles. The molecule has 0 aliphatic carbocycles. The van der Waals surface area contributed by atoms with Crippen molar-refractivity contribution in [2.45, 2.75) is 12.6 Å². The van der Waals surface area contributed by atoms with Crippen LogP contribution in [0.3, 0.4) is 0 Å². The van der Waals surface area contributed by atoms with Crippen molar-refractivity contribution in [1.29, 1.82) is 0 Å². The first-order valence-corrected chi connectivity index (χ1v) is 10.8. The van der Waals surface area contributed by atoms with Gasteiger partial charge in [0.2, 0.25) is 5.91 Å². The van der Waals surface area contributed by atoms with Gasteiger partial charge in [0, 0.05) is 25.0 Å². The van der Waals surface area contributed by atoms with Crippen LogP contribution in [0.5, 0.6) is 0 Å². The number of rotatable bonds is 4. The Morgan fingerprint density at radius 2 is 1.77 bits per heavy atom. The zero-order valence-electron chi connectivity index (χ0n) is 18.0. The van der Waals surface area contributed by atoms with Gasteiger partial charge in [0.1, 0.15) is 0 Å². The van der Waals surface area contributed by atoms with Gasteiger partial charge in [0.25, 0.3) is 5.56 Å². The largest absolute Gasteiger partial charge is 0.417 e. The molecule has 2 aromatic carbocycles. The number of hydrogen-bond donors (Lipinski definition) is 1. The van der Waals surface area contributed by atoms with Gasteiger partial charge in [0.05, 0.1) is 28.6 Å². The topological polar surface area (TPSA) is 86.0 Å². The second kappa shape index (κ2) is 8.73. The number of fused-ring (bicyclic) bond motifs is 1. The van der Waals surface area contributed by atoms with Crippen LogP contribution < -0.4 is 16.6 Å².